The van der Waals surface area contributed by atoms with Crippen LogP contribution in [0.1, 0.15) is 25.3 Å². The lowest BCUT2D eigenvalue weighted by Crippen LogP contribution is -2.14. The molecule has 0 aliphatic carbocycles. The molecule has 0 bridgehead atoms. The van der Waals surface area contributed by atoms with Gasteiger partial charge in [-0.3, -0.25) is 0 Å². The summed E-state index contributed by atoms with van der Waals surface area (Å²) in [4.78, 5) is 0.210. The van der Waals surface area contributed by atoms with Gasteiger partial charge < -0.3 is 10.5 Å². The minimum atomic E-state index is -3.35. The van der Waals surface area contributed by atoms with E-state index in [0.29, 0.717) is 12.3 Å². The summed E-state index contributed by atoms with van der Waals surface area (Å²) < 4.78 is 29.4. The first-order valence-corrected chi connectivity index (χ1v) is 7.79. The van der Waals surface area contributed by atoms with E-state index in [1.165, 1.54) is 0 Å². The Balaban J connectivity index is 2.66. The summed E-state index contributed by atoms with van der Waals surface area (Å²) in [6.45, 7) is 4.73. The van der Waals surface area contributed by atoms with Gasteiger partial charge in [0, 0.05) is 6.61 Å². The van der Waals surface area contributed by atoms with Gasteiger partial charge in [0.05, 0.1) is 22.9 Å². The van der Waals surface area contributed by atoms with Crippen molar-refractivity contribution in [2.45, 2.75) is 31.6 Å². The van der Waals surface area contributed by atoms with E-state index in [1.807, 2.05) is 6.92 Å². The maximum Gasteiger partial charge on any atom is 0.182 e. The Morgan fingerprint density at radius 2 is 2.00 bits per heavy atom. The Bertz CT molecular complexity index is 483. The second-order valence-corrected chi connectivity index (χ2v) is 6.40. The predicted octanol–water partition coefficient (Wildman–Crippen LogP) is 2.17. The van der Waals surface area contributed by atoms with Crippen molar-refractivity contribution in [3.05, 3.63) is 23.8 Å². The Morgan fingerprint density at radius 1 is 1.28 bits per heavy atom. The predicted molar refractivity (Wildman–Crippen MR) is 73.4 cm³/mol. The van der Waals surface area contributed by atoms with Crippen LogP contribution in [0.15, 0.2) is 23.1 Å². The van der Waals surface area contributed by atoms with Crippen LogP contribution in [0.5, 0.6) is 0 Å². The third-order valence-electron chi connectivity index (χ3n) is 2.64. The van der Waals surface area contributed by atoms with Gasteiger partial charge >= 0.3 is 0 Å². The van der Waals surface area contributed by atoms with Crippen LogP contribution in [0.3, 0.4) is 0 Å². The van der Waals surface area contributed by atoms with Gasteiger partial charge in [0.25, 0.3) is 0 Å². The second kappa shape index (κ2) is 6.75. The molecule has 18 heavy (non-hydrogen) atoms. The number of unbranched alkanes of at least 4 members (excludes halogenated alkanes) is 1. The highest BCUT2D eigenvalue weighted by atomic mass is 32.2. The zero-order chi connectivity index (χ0) is 13.6. The molecule has 1 aromatic rings. The Labute approximate surface area is 109 Å². The van der Waals surface area contributed by atoms with Crippen molar-refractivity contribution >= 4 is 15.5 Å². The van der Waals surface area contributed by atoms with Crippen LogP contribution in [-0.4, -0.2) is 27.4 Å². The number of aryl methyl sites for hydroxylation is 1. The van der Waals surface area contributed by atoms with Gasteiger partial charge in [-0.15, -0.1) is 0 Å². The third kappa shape index (κ3) is 4.31. The zero-order valence-electron chi connectivity index (χ0n) is 11.0. The van der Waals surface area contributed by atoms with E-state index in [4.69, 9.17) is 10.5 Å². The first kappa shape index (κ1) is 15.0. The van der Waals surface area contributed by atoms with Crippen LogP contribution in [0.2, 0.25) is 0 Å². The van der Waals surface area contributed by atoms with Crippen molar-refractivity contribution in [3.8, 4) is 0 Å². The number of sulfone groups is 1. The number of hydrogen-bond donors (Lipinski definition) is 1. The number of nitrogen functional groups attached to an aromatic ring is 1. The molecule has 0 fully saturated rings. The number of hydrogen-bond acceptors (Lipinski definition) is 4. The first-order valence-electron chi connectivity index (χ1n) is 6.14. The molecule has 0 aromatic heterocycles. The number of benzene rings is 1. The molecule has 0 spiro atoms. The lowest BCUT2D eigenvalue weighted by Gasteiger charge is -2.09. The molecule has 0 heterocycles. The molecule has 0 aliphatic heterocycles. The summed E-state index contributed by atoms with van der Waals surface area (Å²) in [5, 5.41) is 0. The molecule has 0 aliphatic rings. The normalized spacial score (nSPS) is 11.7. The fourth-order valence-electron chi connectivity index (χ4n) is 1.54. The van der Waals surface area contributed by atoms with Gasteiger partial charge in [-0.25, -0.2) is 8.42 Å². The van der Waals surface area contributed by atoms with Crippen LogP contribution in [0.25, 0.3) is 0 Å². The molecule has 4 nitrogen and oxygen atoms in total. The SMILES string of the molecule is CCCCOCCS(=O)(=O)c1cc(C)ccc1N. The standard InChI is InChI=1S/C13H21NO3S/c1-3-4-7-17-8-9-18(15,16)13-10-11(2)5-6-12(13)14/h5-6,10H,3-4,7-9,14H2,1-2H3. The van der Waals surface area contributed by atoms with Crippen molar-refractivity contribution in [2.24, 2.45) is 0 Å². The van der Waals surface area contributed by atoms with E-state index < -0.39 is 9.84 Å². The largest absolute Gasteiger partial charge is 0.398 e. The van der Waals surface area contributed by atoms with E-state index in [9.17, 15) is 8.42 Å². The van der Waals surface area contributed by atoms with E-state index in [1.54, 1.807) is 18.2 Å². The minimum Gasteiger partial charge on any atom is -0.398 e. The van der Waals surface area contributed by atoms with Gasteiger partial charge in [0.1, 0.15) is 0 Å². The summed E-state index contributed by atoms with van der Waals surface area (Å²) in [6, 6.07) is 5.03. The average molecular weight is 271 g/mol. The maximum atomic E-state index is 12.1. The van der Waals surface area contributed by atoms with E-state index in [2.05, 4.69) is 6.92 Å². The van der Waals surface area contributed by atoms with E-state index in [-0.39, 0.29) is 17.3 Å². The van der Waals surface area contributed by atoms with Crippen LogP contribution >= 0.6 is 0 Å². The van der Waals surface area contributed by atoms with Crippen molar-refractivity contribution in [3.63, 3.8) is 0 Å². The number of nitrogens with two attached hydrogens (primary N) is 1. The first-order chi connectivity index (χ1) is 8.47. The second-order valence-electron chi connectivity index (χ2n) is 4.33. The Kier molecular flexibility index (Phi) is 5.62. The third-order valence-corrected chi connectivity index (χ3v) is 4.37. The molecule has 0 unspecified atom stereocenters. The van der Waals surface area contributed by atoms with E-state index >= 15 is 0 Å². The van der Waals surface area contributed by atoms with Gasteiger partial charge in [-0.1, -0.05) is 19.4 Å². The lowest BCUT2D eigenvalue weighted by molar-refractivity contribution is 0.146. The molecule has 1 rings (SSSR count). The van der Waals surface area contributed by atoms with Gasteiger partial charge in [0.2, 0.25) is 0 Å². The summed E-state index contributed by atoms with van der Waals surface area (Å²) >= 11 is 0. The fourth-order valence-corrected chi connectivity index (χ4v) is 2.89. The Hall–Kier alpha value is -1.07. The highest BCUT2D eigenvalue weighted by Gasteiger charge is 2.17. The van der Waals surface area contributed by atoms with Gasteiger partial charge in [-0.2, -0.15) is 0 Å². The quantitative estimate of drug-likeness (QED) is 0.609. The number of ether oxygens (including phenoxy) is 1. The van der Waals surface area contributed by atoms with Crippen molar-refractivity contribution in [1.29, 1.82) is 0 Å². The number of anilines is 1. The number of rotatable bonds is 7. The smallest absolute Gasteiger partial charge is 0.182 e. The summed E-state index contributed by atoms with van der Waals surface area (Å²) in [5.41, 5.74) is 6.89. The monoisotopic (exact) mass is 271 g/mol. The molecule has 0 atom stereocenters. The van der Waals surface area contributed by atoms with Crippen molar-refractivity contribution < 1.29 is 13.2 Å². The van der Waals surface area contributed by atoms with Gasteiger partial charge in [-0.05, 0) is 31.0 Å². The highest BCUT2D eigenvalue weighted by molar-refractivity contribution is 7.91. The lowest BCUT2D eigenvalue weighted by atomic mass is 10.2. The maximum absolute atomic E-state index is 12.1. The summed E-state index contributed by atoms with van der Waals surface area (Å²) in [7, 11) is -3.35. The summed E-state index contributed by atoms with van der Waals surface area (Å²) in [6.07, 6.45) is 1.99. The van der Waals surface area contributed by atoms with Crippen LogP contribution in [-0.2, 0) is 14.6 Å². The zero-order valence-corrected chi connectivity index (χ0v) is 11.8. The van der Waals surface area contributed by atoms with Crippen LogP contribution in [0.4, 0.5) is 5.69 Å². The molecule has 1 aromatic carbocycles. The molecule has 0 radical (unpaired) electrons. The van der Waals surface area contributed by atoms with Crippen LogP contribution < -0.4 is 5.73 Å². The van der Waals surface area contributed by atoms with Crippen LogP contribution in [0, 0.1) is 6.92 Å². The molecule has 5 heteroatoms. The molecule has 0 saturated carbocycles. The van der Waals surface area contributed by atoms with Crippen molar-refractivity contribution in [1.82, 2.24) is 0 Å². The van der Waals surface area contributed by atoms with Crippen molar-refractivity contribution in [2.75, 3.05) is 24.7 Å². The fraction of sp³-hybridized carbons (Fsp3) is 0.538. The Morgan fingerprint density at radius 3 is 2.67 bits per heavy atom. The van der Waals surface area contributed by atoms with E-state index in [0.717, 1.165) is 18.4 Å². The molecule has 0 amide bonds. The molecule has 0 saturated heterocycles. The van der Waals surface area contributed by atoms with Gasteiger partial charge in [0.15, 0.2) is 9.84 Å². The average Bonchev–Trinajstić information content (AvgIpc) is 2.32. The highest BCUT2D eigenvalue weighted by Crippen LogP contribution is 2.20. The molecular weight excluding hydrogens is 250 g/mol. The summed E-state index contributed by atoms with van der Waals surface area (Å²) in [5.74, 6) is -0.0234. The molecule has 102 valence electrons. The topological polar surface area (TPSA) is 69.4 Å². The minimum absolute atomic E-state index is 0.0234. The molecular formula is C13H21NO3S. The molecule has 2 N–H and O–H groups in total.